The van der Waals surface area contributed by atoms with Crippen molar-refractivity contribution in [1.82, 2.24) is 15.2 Å². The molecule has 2 aromatic heterocycles. The minimum Gasteiger partial charge on any atom is -0.493 e. The molecular weight excluding hydrogens is 428 g/mol. The lowest BCUT2D eigenvalue weighted by atomic mass is 9.97. The lowest BCUT2D eigenvalue weighted by molar-refractivity contribution is -0.385. The van der Waals surface area contributed by atoms with Crippen molar-refractivity contribution in [2.75, 3.05) is 13.7 Å². The van der Waals surface area contributed by atoms with E-state index in [0.29, 0.717) is 42.4 Å². The van der Waals surface area contributed by atoms with E-state index in [-0.39, 0.29) is 11.6 Å². The highest BCUT2D eigenvalue weighted by Gasteiger charge is 2.20. The Morgan fingerprint density at radius 2 is 2.00 bits per heavy atom. The van der Waals surface area contributed by atoms with Gasteiger partial charge in [0.1, 0.15) is 6.20 Å². The maximum absolute atomic E-state index is 11.4. The number of carbonyl (C=O) groups is 1. The van der Waals surface area contributed by atoms with Crippen molar-refractivity contribution in [2.24, 2.45) is 0 Å². The van der Waals surface area contributed by atoms with Crippen LogP contribution in [0.5, 0.6) is 17.2 Å². The maximum atomic E-state index is 11.4. The smallest absolute Gasteiger partial charge is 0.308 e. The van der Waals surface area contributed by atoms with Gasteiger partial charge in [0.2, 0.25) is 5.75 Å². The highest BCUT2D eigenvalue weighted by Crippen LogP contribution is 2.37. The van der Waals surface area contributed by atoms with E-state index in [0.717, 1.165) is 16.8 Å². The van der Waals surface area contributed by atoms with Gasteiger partial charge in [-0.05, 0) is 42.0 Å². The number of esters is 1. The SMILES string of the molecule is COc1cccc(OC(C)=O)c1OCCCc1cn[nH]c1-c1ncc([N+](=O)[O-])cc1C(C)C. The molecule has 0 aliphatic heterocycles. The molecule has 0 aliphatic carbocycles. The molecule has 0 atom stereocenters. The number of para-hydroxylation sites is 1. The van der Waals surface area contributed by atoms with Crippen molar-refractivity contribution in [3.05, 3.63) is 57.9 Å². The summed E-state index contributed by atoms with van der Waals surface area (Å²) in [6.07, 6.45) is 4.23. The van der Waals surface area contributed by atoms with E-state index in [1.165, 1.54) is 20.2 Å². The summed E-state index contributed by atoms with van der Waals surface area (Å²) < 4.78 is 16.4. The van der Waals surface area contributed by atoms with Gasteiger partial charge >= 0.3 is 5.97 Å². The molecule has 3 aromatic rings. The minimum absolute atomic E-state index is 0.0390. The third-order valence-electron chi connectivity index (χ3n) is 4.94. The van der Waals surface area contributed by atoms with Crippen molar-refractivity contribution in [2.45, 2.75) is 39.5 Å². The van der Waals surface area contributed by atoms with E-state index >= 15 is 0 Å². The summed E-state index contributed by atoms with van der Waals surface area (Å²) in [5.41, 5.74) is 3.02. The number of methoxy groups -OCH3 is 1. The molecule has 10 heteroatoms. The lowest BCUT2D eigenvalue weighted by Crippen LogP contribution is -2.07. The number of hydrogen-bond acceptors (Lipinski definition) is 8. The van der Waals surface area contributed by atoms with Gasteiger partial charge in [-0.3, -0.25) is 20.0 Å². The number of nitro groups is 1. The monoisotopic (exact) mass is 454 g/mol. The molecule has 0 bridgehead atoms. The number of pyridine rings is 1. The number of benzene rings is 1. The van der Waals surface area contributed by atoms with Crippen LogP contribution in [0, 0.1) is 10.1 Å². The zero-order valence-electron chi connectivity index (χ0n) is 19.0. The predicted molar refractivity (Wildman–Crippen MR) is 121 cm³/mol. The Morgan fingerprint density at radius 1 is 1.24 bits per heavy atom. The van der Waals surface area contributed by atoms with Crippen LogP contribution in [0.15, 0.2) is 36.7 Å². The van der Waals surface area contributed by atoms with Crippen LogP contribution in [0.25, 0.3) is 11.4 Å². The standard InChI is InChI=1S/C23H26N4O6/c1-14(2)18-11-17(27(29)30)13-24-22(18)21-16(12-25-26-21)7-6-10-32-23-19(31-4)8-5-9-20(23)33-15(3)28/h5,8-9,11-14H,6-7,10H2,1-4H3,(H,25,26). The van der Waals surface area contributed by atoms with Crippen LogP contribution in [-0.2, 0) is 11.2 Å². The molecule has 174 valence electrons. The average molecular weight is 454 g/mol. The van der Waals surface area contributed by atoms with Gasteiger partial charge in [-0.1, -0.05) is 19.9 Å². The number of carbonyl (C=O) groups excluding carboxylic acids is 1. The fourth-order valence-electron chi connectivity index (χ4n) is 3.40. The first-order valence-corrected chi connectivity index (χ1v) is 10.5. The number of ether oxygens (including phenoxy) is 3. The molecule has 33 heavy (non-hydrogen) atoms. The number of aryl methyl sites for hydroxylation is 1. The molecule has 0 fully saturated rings. The second-order valence-electron chi connectivity index (χ2n) is 7.65. The quantitative estimate of drug-likeness (QED) is 0.156. The van der Waals surface area contributed by atoms with Gasteiger partial charge in [-0.15, -0.1) is 0 Å². The van der Waals surface area contributed by atoms with Crippen molar-refractivity contribution in [3.8, 4) is 28.6 Å². The Bertz CT molecular complexity index is 1140. The molecule has 0 amide bonds. The second kappa shape index (κ2) is 10.6. The number of nitrogens with one attached hydrogen (secondary N) is 1. The van der Waals surface area contributed by atoms with E-state index in [1.54, 1.807) is 30.5 Å². The average Bonchev–Trinajstić information content (AvgIpc) is 3.24. The van der Waals surface area contributed by atoms with Gasteiger partial charge in [0.15, 0.2) is 11.5 Å². The maximum Gasteiger partial charge on any atom is 0.308 e. The van der Waals surface area contributed by atoms with Crippen LogP contribution in [0.2, 0.25) is 0 Å². The van der Waals surface area contributed by atoms with Gasteiger partial charge < -0.3 is 14.2 Å². The first-order chi connectivity index (χ1) is 15.8. The van der Waals surface area contributed by atoms with Crippen molar-refractivity contribution >= 4 is 11.7 Å². The molecule has 3 rings (SSSR count). The van der Waals surface area contributed by atoms with Gasteiger partial charge in [0.25, 0.3) is 5.69 Å². The Labute approximate surface area is 191 Å². The molecule has 0 spiro atoms. The minimum atomic E-state index is -0.451. The molecular formula is C23H26N4O6. The summed E-state index contributed by atoms with van der Waals surface area (Å²) in [5.74, 6) is 0.712. The van der Waals surface area contributed by atoms with Crippen LogP contribution in [-0.4, -0.2) is 39.8 Å². The Balaban J connectivity index is 1.74. The highest BCUT2D eigenvalue weighted by atomic mass is 16.6. The van der Waals surface area contributed by atoms with Crippen LogP contribution < -0.4 is 14.2 Å². The summed E-state index contributed by atoms with van der Waals surface area (Å²) in [5, 5.41) is 18.3. The number of nitrogens with zero attached hydrogens (tertiary/aromatic N) is 3. The molecule has 0 unspecified atom stereocenters. The summed E-state index contributed by atoms with van der Waals surface area (Å²) in [4.78, 5) is 26.4. The zero-order chi connectivity index (χ0) is 24.0. The second-order valence-corrected chi connectivity index (χ2v) is 7.65. The van der Waals surface area contributed by atoms with E-state index in [2.05, 4.69) is 15.2 Å². The van der Waals surface area contributed by atoms with Crippen molar-refractivity contribution in [1.29, 1.82) is 0 Å². The predicted octanol–water partition coefficient (Wildman–Crippen LogP) is 4.45. The van der Waals surface area contributed by atoms with E-state index in [4.69, 9.17) is 14.2 Å². The molecule has 0 radical (unpaired) electrons. The molecule has 2 heterocycles. The molecule has 0 saturated carbocycles. The van der Waals surface area contributed by atoms with Crippen molar-refractivity contribution in [3.63, 3.8) is 0 Å². The van der Waals surface area contributed by atoms with E-state index < -0.39 is 10.9 Å². The third kappa shape index (κ3) is 5.65. The Hall–Kier alpha value is -3.95. The lowest BCUT2D eigenvalue weighted by Gasteiger charge is -2.14. The van der Waals surface area contributed by atoms with E-state index in [1.807, 2.05) is 13.8 Å². The van der Waals surface area contributed by atoms with Crippen LogP contribution in [0.1, 0.15) is 44.2 Å². The number of rotatable bonds is 10. The van der Waals surface area contributed by atoms with Crippen LogP contribution in [0.4, 0.5) is 5.69 Å². The summed E-state index contributed by atoms with van der Waals surface area (Å²) in [7, 11) is 1.51. The van der Waals surface area contributed by atoms with Crippen molar-refractivity contribution < 1.29 is 23.9 Å². The summed E-state index contributed by atoms with van der Waals surface area (Å²) in [6, 6.07) is 6.63. The number of H-pyrrole nitrogens is 1. The Kier molecular flexibility index (Phi) is 7.60. The molecule has 1 aromatic carbocycles. The summed E-state index contributed by atoms with van der Waals surface area (Å²) in [6.45, 7) is 5.58. The van der Waals surface area contributed by atoms with Gasteiger partial charge in [0.05, 0.1) is 36.2 Å². The fourth-order valence-corrected chi connectivity index (χ4v) is 3.40. The first kappa shape index (κ1) is 23.7. The number of hydrogen-bond donors (Lipinski definition) is 1. The van der Waals surface area contributed by atoms with Crippen LogP contribution in [0.3, 0.4) is 0 Å². The van der Waals surface area contributed by atoms with E-state index in [9.17, 15) is 14.9 Å². The zero-order valence-corrected chi connectivity index (χ0v) is 19.0. The van der Waals surface area contributed by atoms with Gasteiger partial charge in [-0.25, -0.2) is 4.98 Å². The third-order valence-corrected chi connectivity index (χ3v) is 4.94. The number of aromatic amines is 1. The molecule has 10 nitrogen and oxygen atoms in total. The molecule has 0 aliphatic rings. The molecule has 0 saturated heterocycles. The van der Waals surface area contributed by atoms with Crippen LogP contribution >= 0.6 is 0 Å². The fraction of sp³-hybridized carbons (Fsp3) is 0.348. The topological polar surface area (TPSA) is 129 Å². The summed E-state index contributed by atoms with van der Waals surface area (Å²) >= 11 is 0. The first-order valence-electron chi connectivity index (χ1n) is 10.5. The van der Waals surface area contributed by atoms with Gasteiger partial charge in [-0.2, -0.15) is 5.10 Å². The Morgan fingerprint density at radius 3 is 2.67 bits per heavy atom. The number of aromatic nitrogens is 3. The normalized spacial score (nSPS) is 10.8. The molecule has 1 N–H and O–H groups in total. The highest BCUT2D eigenvalue weighted by molar-refractivity contribution is 5.71. The largest absolute Gasteiger partial charge is 0.493 e. The van der Waals surface area contributed by atoms with Gasteiger partial charge in [0, 0.05) is 13.0 Å².